The quantitative estimate of drug-likeness (QED) is 0.622. The van der Waals surface area contributed by atoms with Crippen LogP contribution < -0.4 is 10.6 Å². The lowest BCUT2D eigenvalue weighted by atomic mass is 10.1. The maximum Gasteiger partial charge on any atom is 0.236 e. The van der Waals surface area contributed by atoms with Gasteiger partial charge in [-0.25, -0.2) is 9.50 Å². The average molecular weight is 219 g/mol. The van der Waals surface area contributed by atoms with Gasteiger partial charge in [0.1, 0.15) is 0 Å². The molecule has 0 saturated carbocycles. The number of rotatable bonds is 1. The van der Waals surface area contributed by atoms with Crippen LogP contribution in [0.2, 0.25) is 0 Å². The molecule has 6 heteroatoms. The Kier molecular flexibility index (Phi) is 1.97. The molecule has 16 heavy (non-hydrogen) atoms. The lowest BCUT2D eigenvalue weighted by molar-refractivity contribution is -0.124. The molecular weight excluding hydrogens is 206 g/mol. The van der Waals surface area contributed by atoms with Crippen LogP contribution in [0, 0.1) is 0 Å². The smallest absolute Gasteiger partial charge is 0.236 e. The molecule has 1 fully saturated rings. The highest BCUT2D eigenvalue weighted by Crippen LogP contribution is 2.15. The van der Waals surface area contributed by atoms with E-state index in [1.807, 2.05) is 29.9 Å². The molecule has 3 N–H and O–H groups in total. The third kappa shape index (κ3) is 1.38. The molecule has 6 nitrogen and oxygen atoms in total. The first-order valence-corrected chi connectivity index (χ1v) is 5.30. The minimum Gasteiger partial charge on any atom is -0.353 e. The fourth-order valence-corrected chi connectivity index (χ4v) is 1.98. The Hall–Kier alpha value is -1.82. The van der Waals surface area contributed by atoms with Gasteiger partial charge in [0.15, 0.2) is 5.65 Å². The zero-order chi connectivity index (χ0) is 11.1. The number of imidazole rings is 1. The first kappa shape index (κ1) is 9.41. The second-order valence-electron chi connectivity index (χ2n) is 4.04. The second-order valence-corrected chi connectivity index (χ2v) is 4.04. The number of aromatic amines is 1. The molecule has 1 aliphatic heterocycles. The molecule has 0 aromatic carbocycles. The highest BCUT2D eigenvalue weighted by Gasteiger charge is 2.26. The van der Waals surface area contributed by atoms with E-state index < -0.39 is 0 Å². The van der Waals surface area contributed by atoms with Crippen molar-refractivity contribution in [3.8, 4) is 0 Å². The van der Waals surface area contributed by atoms with Gasteiger partial charge in [-0.1, -0.05) is 0 Å². The number of aromatic nitrogens is 3. The molecule has 0 spiro atoms. The predicted molar refractivity (Wildman–Crippen MR) is 57.9 cm³/mol. The zero-order valence-corrected chi connectivity index (χ0v) is 8.90. The van der Waals surface area contributed by atoms with Crippen LogP contribution in [0.25, 0.3) is 5.65 Å². The SMILES string of the molecule is CC1NC(c2cn3[nH]ccc3n2)CNC1=O. The Bertz CT molecular complexity index is 500. The van der Waals surface area contributed by atoms with Gasteiger partial charge in [0.2, 0.25) is 5.91 Å². The number of hydrogen-bond acceptors (Lipinski definition) is 3. The molecule has 84 valence electrons. The fraction of sp³-hybridized carbons (Fsp3) is 0.400. The van der Waals surface area contributed by atoms with E-state index in [2.05, 4.69) is 20.7 Å². The normalized spacial score (nSPS) is 25.9. The number of fused-ring (bicyclic) bond motifs is 1. The zero-order valence-electron chi connectivity index (χ0n) is 8.90. The maximum atomic E-state index is 11.3. The summed E-state index contributed by atoms with van der Waals surface area (Å²) in [6.45, 7) is 2.44. The summed E-state index contributed by atoms with van der Waals surface area (Å²) in [5.41, 5.74) is 1.83. The van der Waals surface area contributed by atoms with Crippen LogP contribution in [0.3, 0.4) is 0 Å². The van der Waals surface area contributed by atoms with Crippen LogP contribution in [0.4, 0.5) is 0 Å². The molecule has 0 radical (unpaired) electrons. The van der Waals surface area contributed by atoms with Crippen molar-refractivity contribution in [2.45, 2.75) is 19.0 Å². The van der Waals surface area contributed by atoms with Crippen molar-refractivity contribution in [3.63, 3.8) is 0 Å². The highest BCUT2D eigenvalue weighted by atomic mass is 16.2. The lowest BCUT2D eigenvalue weighted by Gasteiger charge is -2.27. The number of nitrogens with zero attached hydrogens (tertiary/aromatic N) is 2. The molecule has 0 aliphatic carbocycles. The van der Waals surface area contributed by atoms with Gasteiger partial charge in [-0.05, 0) is 6.92 Å². The third-order valence-electron chi connectivity index (χ3n) is 2.88. The highest BCUT2D eigenvalue weighted by molar-refractivity contribution is 5.82. The number of piperazine rings is 1. The van der Waals surface area contributed by atoms with Crippen molar-refractivity contribution in [1.29, 1.82) is 0 Å². The van der Waals surface area contributed by atoms with Crippen molar-refractivity contribution in [1.82, 2.24) is 25.2 Å². The van der Waals surface area contributed by atoms with E-state index in [1.165, 1.54) is 0 Å². The van der Waals surface area contributed by atoms with Crippen molar-refractivity contribution in [2.75, 3.05) is 6.54 Å². The number of amides is 1. The van der Waals surface area contributed by atoms with Crippen LogP contribution in [0.1, 0.15) is 18.7 Å². The number of carbonyl (C=O) groups excluding carboxylic acids is 1. The summed E-state index contributed by atoms with van der Waals surface area (Å²) >= 11 is 0. The number of nitrogens with one attached hydrogen (secondary N) is 3. The molecule has 1 amide bonds. The molecule has 1 saturated heterocycles. The Morgan fingerprint density at radius 2 is 2.44 bits per heavy atom. The molecule has 0 bridgehead atoms. The van der Waals surface area contributed by atoms with Crippen LogP contribution in [-0.2, 0) is 4.79 Å². The molecule has 3 rings (SSSR count). The van der Waals surface area contributed by atoms with Gasteiger partial charge in [0.05, 0.1) is 24.0 Å². The van der Waals surface area contributed by atoms with E-state index in [9.17, 15) is 4.79 Å². The van der Waals surface area contributed by atoms with Crippen LogP contribution in [0.5, 0.6) is 0 Å². The predicted octanol–water partition coefficient (Wildman–Crippen LogP) is -0.189. The summed E-state index contributed by atoms with van der Waals surface area (Å²) in [4.78, 5) is 15.8. The topological polar surface area (TPSA) is 74.2 Å². The Morgan fingerprint density at radius 3 is 3.19 bits per heavy atom. The van der Waals surface area contributed by atoms with Crippen molar-refractivity contribution < 1.29 is 4.79 Å². The van der Waals surface area contributed by atoms with Gasteiger partial charge >= 0.3 is 0 Å². The average Bonchev–Trinajstić information content (AvgIpc) is 2.81. The summed E-state index contributed by atoms with van der Waals surface area (Å²) in [5.74, 6) is 0.0426. The summed E-state index contributed by atoms with van der Waals surface area (Å²) < 4.78 is 1.86. The monoisotopic (exact) mass is 219 g/mol. The van der Waals surface area contributed by atoms with Gasteiger partial charge in [0.25, 0.3) is 0 Å². The summed E-state index contributed by atoms with van der Waals surface area (Å²) in [6.07, 6.45) is 3.78. The second kappa shape index (κ2) is 3.34. The Balaban J connectivity index is 1.87. The number of hydrogen-bond donors (Lipinski definition) is 3. The van der Waals surface area contributed by atoms with E-state index in [0.29, 0.717) is 6.54 Å². The Labute approximate surface area is 92.0 Å². The minimum atomic E-state index is -0.168. The third-order valence-corrected chi connectivity index (χ3v) is 2.88. The largest absolute Gasteiger partial charge is 0.353 e. The molecule has 2 unspecified atom stereocenters. The fourth-order valence-electron chi connectivity index (χ4n) is 1.98. The molecule has 2 aromatic rings. The van der Waals surface area contributed by atoms with Crippen LogP contribution in [0.15, 0.2) is 18.5 Å². The summed E-state index contributed by atoms with van der Waals surface area (Å²) in [7, 11) is 0. The van der Waals surface area contributed by atoms with Gasteiger partial charge in [-0.3, -0.25) is 10.1 Å². The Morgan fingerprint density at radius 1 is 1.56 bits per heavy atom. The summed E-state index contributed by atoms with van der Waals surface area (Å²) in [6, 6.07) is 1.83. The van der Waals surface area contributed by atoms with Gasteiger partial charge < -0.3 is 10.4 Å². The molecule has 1 aliphatic rings. The first-order chi connectivity index (χ1) is 7.74. The number of carbonyl (C=O) groups is 1. The lowest BCUT2D eigenvalue weighted by Crippen LogP contribution is -2.53. The van der Waals surface area contributed by atoms with E-state index >= 15 is 0 Å². The van der Waals surface area contributed by atoms with Gasteiger partial charge in [0, 0.05) is 18.8 Å². The standard InChI is InChI=1S/C10H13N5O/c1-6-10(16)11-4-7(13-6)8-5-15-9(14-8)2-3-12-15/h2-3,5-7,12-13H,4H2,1H3,(H,11,16). The summed E-state index contributed by atoms with van der Waals surface area (Å²) in [5, 5.41) is 9.13. The van der Waals surface area contributed by atoms with E-state index in [1.54, 1.807) is 0 Å². The molecule has 2 atom stereocenters. The minimum absolute atomic E-state index is 0.0426. The molecule has 2 aromatic heterocycles. The first-order valence-electron chi connectivity index (χ1n) is 5.30. The maximum absolute atomic E-state index is 11.3. The molecular formula is C10H13N5O. The van der Waals surface area contributed by atoms with E-state index in [0.717, 1.165) is 11.3 Å². The van der Waals surface area contributed by atoms with Crippen molar-refractivity contribution in [2.24, 2.45) is 0 Å². The van der Waals surface area contributed by atoms with Gasteiger partial charge in [-0.2, -0.15) is 0 Å². The van der Waals surface area contributed by atoms with E-state index in [-0.39, 0.29) is 18.0 Å². The number of H-pyrrole nitrogens is 1. The van der Waals surface area contributed by atoms with Crippen LogP contribution >= 0.6 is 0 Å². The molecule has 3 heterocycles. The van der Waals surface area contributed by atoms with Crippen molar-refractivity contribution >= 4 is 11.6 Å². The van der Waals surface area contributed by atoms with Crippen LogP contribution in [-0.4, -0.2) is 33.1 Å². The van der Waals surface area contributed by atoms with E-state index in [4.69, 9.17) is 0 Å². The van der Waals surface area contributed by atoms with Gasteiger partial charge in [-0.15, -0.1) is 0 Å². The van der Waals surface area contributed by atoms with Crippen molar-refractivity contribution in [3.05, 3.63) is 24.2 Å².